The van der Waals surface area contributed by atoms with E-state index in [1.54, 1.807) is 0 Å². The number of nitriles is 1. The summed E-state index contributed by atoms with van der Waals surface area (Å²) in [6, 6.07) is 2.33. The van der Waals surface area contributed by atoms with E-state index in [0.717, 1.165) is 31.2 Å². The lowest BCUT2D eigenvalue weighted by Crippen LogP contribution is -2.21. The van der Waals surface area contributed by atoms with Crippen LogP contribution in [-0.4, -0.2) is 24.6 Å². The maximum atomic E-state index is 8.83. The van der Waals surface area contributed by atoms with Gasteiger partial charge < -0.3 is 5.32 Å². The average Bonchev–Trinajstić information content (AvgIpc) is 2.22. The molecule has 0 bridgehead atoms. The number of thioether (sulfide) groups is 1. The van der Waals surface area contributed by atoms with Gasteiger partial charge in [0.05, 0.1) is 11.5 Å². The fraction of sp³-hybridized carbons (Fsp3) is 0.917. The summed E-state index contributed by atoms with van der Waals surface area (Å²) < 4.78 is 0. The Kier molecular flexibility index (Phi) is 7.90. The summed E-state index contributed by atoms with van der Waals surface area (Å²) in [6.45, 7) is 8.39. The first-order chi connectivity index (χ1) is 7.02. The van der Waals surface area contributed by atoms with Crippen LogP contribution in [0, 0.1) is 16.7 Å². The standard InChI is InChI=1S/C12H24N2S/c1-11(15-4)6-9-14-8-5-7-12(2,3)10-13/h11,14H,5-9H2,1-4H3. The minimum Gasteiger partial charge on any atom is -0.317 e. The monoisotopic (exact) mass is 228 g/mol. The molecule has 0 amide bonds. The third-order valence-electron chi connectivity index (χ3n) is 2.59. The highest BCUT2D eigenvalue weighted by molar-refractivity contribution is 7.99. The van der Waals surface area contributed by atoms with Crippen molar-refractivity contribution in [3.8, 4) is 6.07 Å². The second kappa shape index (κ2) is 8.01. The average molecular weight is 228 g/mol. The molecule has 1 N–H and O–H groups in total. The van der Waals surface area contributed by atoms with E-state index in [9.17, 15) is 0 Å². The smallest absolute Gasteiger partial charge is 0.0683 e. The van der Waals surface area contributed by atoms with Crippen molar-refractivity contribution in [2.45, 2.75) is 45.3 Å². The third-order valence-corrected chi connectivity index (χ3v) is 3.63. The van der Waals surface area contributed by atoms with E-state index in [0.29, 0.717) is 0 Å². The normalized spacial score (nSPS) is 13.5. The molecule has 3 heteroatoms. The predicted molar refractivity (Wildman–Crippen MR) is 69.1 cm³/mol. The van der Waals surface area contributed by atoms with E-state index in [1.165, 1.54) is 6.42 Å². The van der Waals surface area contributed by atoms with Crippen LogP contribution in [0.1, 0.15) is 40.0 Å². The van der Waals surface area contributed by atoms with Gasteiger partial charge in [-0.1, -0.05) is 6.92 Å². The van der Waals surface area contributed by atoms with Crippen LogP contribution in [0.3, 0.4) is 0 Å². The van der Waals surface area contributed by atoms with Crippen LogP contribution in [0.4, 0.5) is 0 Å². The van der Waals surface area contributed by atoms with E-state index in [1.807, 2.05) is 25.6 Å². The van der Waals surface area contributed by atoms with Gasteiger partial charge in [-0.3, -0.25) is 0 Å². The number of nitrogens with zero attached hydrogens (tertiary/aromatic N) is 1. The van der Waals surface area contributed by atoms with Crippen molar-refractivity contribution in [1.82, 2.24) is 5.32 Å². The number of hydrogen-bond donors (Lipinski definition) is 1. The van der Waals surface area contributed by atoms with Gasteiger partial charge in [-0.25, -0.2) is 0 Å². The Morgan fingerprint density at radius 2 is 2.07 bits per heavy atom. The van der Waals surface area contributed by atoms with Crippen LogP contribution in [-0.2, 0) is 0 Å². The summed E-state index contributed by atoms with van der Waals surface area (Å²) in [5.41, 5.74) is -0.158. The van der Waals surface area contributed by atoms with E-state index in [-0.39, 0.29) is 5.41 Å². The highest BCUT2D eigenvalue weighted by atomic mass is 32.2. The molecule has 0 rings (SSSR count). The molecule has 0 radical (unpaired) electrons. The van der Waals surface area contributed by atoms with E-state index in [4.69, 9.17) is 5.26 Å². The van der Waals surface area contributed by atoms with Gasteiger partial charge in [0.15, 0.2) is 0 Å². The van der Waals surface area contributed by atoms with Gasteiger partial charge in [0.2, 0.25) is 0 Å². The molecule has 0 aromatic rings. The Hall–Kier alpha value is -0.200. The molecule has 0 heterocycles. The second-order valence-corrected chi connectivity index (χ2v) is 5.96. The van der Waals surface area contributed by atoms with Crippen molar-refractivity contribution in [2.24, 2.45) is 5.41 Å². The van der Waals surface area contributed by atoms with Crippen LogP contribution >= 0.6 is 11.8 Å². The molecule has 0 aromatic carbocycles. The van der Waals surface area contributed by atoms with Crippen molar-refractivity contribution in [3.05, 3.63) is 0 Å². The first-order valence-electron chi connectivity index (χ1n) is 5.66. The third kappa shape index (κ3) is 8.77. The molecular formula is C12H24N2S. The zero-order valence-electron chi connectivity index (χ0n) is 10.5. The Labute approximate surface area is 98.8 Å². The minimum atomic E-state index is -0.158. The maximum Gasteiger partial charge on any atom is 0.0683 e. The van der Waals surface area contributed by atoms with Crippen LogP contribution in [0.2, 0.25) is 0 Å². The van der Waals surface area contributed by atoms with Crippen molar-refractivity contribution in [1.29, 1.82) is 5.26 Å². The van der Waals surface area contributed by atoms with Crippen molar-refractivity contribution >= 4 is 11.8 Å². The molecule has 15 heavy (non-hydrogen) atoms. The summed E-state index contributed by atoms with van der Waals surface area (Å²) in [7, 11) is 0. The molecule has 0 aromatic heterocycles. The van der Waals surface area contributed by atoms with Crippen molar-refractivity contribution in [3.63, 3.8) is 0 Å². The first-order valence-corrected chi connectivity index (χ1v) is 6.95. The number of rotatable bonds is 8. The summed E-state index contributed by atoms with van der Waals surface area (Å²) in [6.07, 6.45) is 5.45. The highest BCUT2D eigenvalue weighted by Crippen LogP contribution is 2.19. The van der Waals surface area contributed by atoms with Gasteiger partial charge in [-0.2, -0.15) is 17.0 Å². The summed E-state index contributed by atoms with van der Waals surface area (Å²) in [5.74, 6) is 0. The van der Waals surface area contributed by atoms with Crippen LogP contribution in [0.5, 0.6) is 0 Å². The van der Waals surface area contributed by atoms with E-state index >= 15 is 0 Å². The van der Waals surface area contributed by atoms with E-state index in [2.05, 4.69) is 24.6 Å². The zero-order chi connectivity index (χ0) is 11.7. The molecule has 2 nitrogen and oxygen atoms in total. The fourth-order valence-electron chi connectivity index (χ4n) is 1.26. The zero-order valence-corrected chi connectivity index (χ0v) is 11.3. The van der Waals surface area contributed by atoms with Gasteiger partial charge >= 0.3 is 0 Å². The van der Waals surface area contributed by atoms with Crippen LogP contribution in [0.15, 0.2) is 0 Å². The lowest BCUT2D eigenvalue weighted by atomic mass is 9.90. The molecule has 0 saturated carbocycles. The fourth-order valence-corrected chi connectivity index (χ4v) is 1.61. The van der Waals surface area contributed by atoms with Gasteiger partial charge in [0, 0.05) is 5.25 Å². The first kappa shape index (κ1) is 14.8. The number of nitrogens with one attached hydrogen (secondary N) is 1. The topological polar surface area (TPSA) is 35.8 Å². The summed E-state index contributed by atoms with van der Waals surface area (Å²) in [4.78, 5) is 0. The second-order valence-electron chi connectivity index (χ2n) is 4.68. The molecule has 1 atom stereocenters. The van der Waals surface area contributed by atoms with Gasteiger partial charge in [0.1, 0.15) is 0 Å². The van der Waals surface area contributed by atoms with Gasteiger partial charge in [-0.15, -0.1) is 0 Å². The molecule has 0 aliphatic heterocycles. The lowest BCUT2D eigenvalue weighted by molar-refractivity contribution is 0.425. The number of hydrogen-bond acceptors (Lipinski definition) is 3. The molecule has 0 spiro atoms. The molecule has 0 saturated heterocycles. The van der Waals surface area contributed by atoms with Crippen LogP contribution < -0.4 is 5.32 Å². The van der Waals surface area contributed by atoms with E-state index < -0.39 is 0 Å². The molecular weight excluding hydrogens is 204 g/mol. The molecule has 88 valence electrons. The quantitative estimate of drug-likeness (QED) is 0.649. The SMILES string of the molecule is CSC(C)CCNCCCC(C)(C)C#N. The Bertz CT molecular complexity index is 196. The predicted octanol–water partition coefficient (Wildman–Crippen LogP) is 3.05. The molecule has 1 unspecified atom stereocenters. The highest BCUT2D eigenvalue weighted by Gasteiger charge is 2.15. The molecule has 0 aliphatic carbocycles. The Morgan fingerprint density at radius 3 is 2.60 bits per heavy atom. The van der Waals surface area contributed by atoms with Crippen molar-refractivity contribution in [2.75, 3.05) is 19.3 Å². The van der Waals surface area contributed by atoms with Crippen molar-refractivity contribution < 1.29 is 0 Å². The van der Waals surface area contributed by atoms with Gasteiger partial charge in [0.25, 0.3) is 0 Å². The Balaban J connectivity index is 3.30. The minimum absolute atomic E-state index is 0.158. The Morgan fingerprint density at radius 1 is 1.40 bits per heavy atom. The summed E-state index contributed by atoms with van der Waals surface area (Å²) in [5, 5.41) is 13.0. The van der Waals surface area contributed by atoms with Gasteiger partial charge in [-0.05, 0) is 52.5 Å². The summed E-state index contributed by atoms with van der Waals surface area (Å²) >= 11 is 1.91. The molecule has 0 aliphatic rings. The van der Waals surface area contributed by atoms with Crippen LogP contribution in [0.25, 0.3) is 0 Å². The molecule has 0 fully saturated rings. The largest absolute Gasteiger partial charge is 0.317 e. The maximum absolute atomic E-state index is 8.83. The lowest BCUT2D eigenvalue weighted by Gasteiger charge is -2.15.